The van der Waals surface area contributed by atoms with Crippen LogP contribution in [0.25, 0.3) is 0 Å². The van der Waals surface area contributed by atoms with Gasteiger partial charge in [-0.3, -0.25) is 24.1 Å². The van der Waals surface area contributed by atoms with Crippen LogP contribution in [0.3, 0.4) is 0 Å². The number of carbonyl (C=O) groups excluding carboxylic acids is 4. The maximum absolute atomic E-state index is 12.7. The van der Waals surface area contributed by atoms with Crippen molar-refractivity contribution in [3.8, 4) is 5.75 Å². The van der Waals surface area contributed by atoms with Crippen LogP contribution in [-0.2, 0) is 11.3 Å². The quantitative estimate of drug-likeness (QED) is 0.602. The molecule has 0 aromatic heterocycles. The van der Waals surface area contributed by atoms with E-state index in [1.54, 1.807) is 49.4 Å². The number of amides is 4. The number of hydrogen-bond acceptors (Lipinski definition) is 5. The van der Waals surface area contributed by atoms with E-state index in [1.165, 1.54) is 0 Å². The lowest BCUT2D eigenvalue weighted by atomic mass is 10.1. The molecule has 1 aliphatic heterocycles. The molecule has 3 rings (SSSR count). The summed E-state index contributed by atoms with van der Waals surface area (Å²) in [5.41, 5.74) is 1.57. The van der Waals surface area contributed by atoms with E-state index in [1.807, 2.05) is 6.92 Å². The highest BCUT2D eigenvalue weighted by Gasteiger charge is 2.35. The molecule has 4 amide bonds. The zero-order valence-electron chi connectivity index (χ0n) is 17.6. The number of nitrogens with zero attached hydrogens (tertiary/aromatic N) is 1. The zero-order valence-corrected chi connectivity index (χ0v) is 17.6. The molecule has 31 heavy (non-hydrogen) atoms. The van der Waals surface area contributed by atoms with E-state index in [9.17, 15) is 19.2 Å². The molecular formula is C23H25N3O5. The third-order valence-electron chi connectivity index (χ3n) is 4.79. The van der Waals surface area contributed by atoms with Gasteiger partial charge in [-0.15, -0.1) is 0 Å². The van der Waals surface area contributed by atoms with Gasteiger partial charge in [0.2, 0.25) is 5.91 Å². The van der Waals surface area contributed by atoms with Crippen molar-refractivity contribution in [3.63, 3.8) is 0 Å². The Labute approximate surface area is 180 Å². The second kappa shape index (κ2) is 9.88. The fraction of sp³-hybridized carbons (Fsp3) is 0.304. The van der Waals surface area contributed by atoms with Crippen molar-refractivity contribution >= 4 is 23.6 Å². The molecule has 0 saturated heterocycles. The highest BCUT2D eigenvalue weighted by molar-refractivity contribution is 6.21. The van der Waals surface area contributed by atoms with Gasteiger partial charge in [-0.25, -0.2) is 0 Å². The van der Waals surface area contributed by atoms with Gasteiger partial charge in [0.1, 0.15) is 5.75 Å². The van der Waals surface area contributed by atoms with Crippen LogP contribution < -0.4 is 15.4 Å². The summed E-state index contributed by atoms with van der Waals surface area (Å²) in [6.45, 7) is 4.49. The van der Waals surface area contributed by atoms with Crippen molar-refractivity contribution in [2.45, 2.75) is 26.8 Å². The van der Waals surface area contributed by atoms with E-state index in [0.717, 1.165) is 11.3 Å². The highest BCUT2D eigenvalue weighted by atomic mass is 16.5. The van der Waals surface area contributed by atoms with Crippen LogP contribution in [0, 0.1) is 0 Å². The molecular weight excluding hydrogens is 398 g/mol. The smallest absolute Gasteiger partial charge is 0.261 e. The number of benzene rings is 2. The SMILES string of the molecule is CCCNC(=O)CNC(=O)c1cc(CN2C(=O)c3ccccc3C2=O)ccc1OCC. The summed E-state index contributed by atoms with van der Waals surface area (Å²) in [5.74, 6) is -1.13. The van der Waals surface area contributed by atoms with Crippen LogP contribution in [0.5, 0.6) is 5.75 Å². The number of hydrogen-bond donors (Lipinski definition) is 2. The van der Waals surface area contributed by atoms with E-state index in [0.29, 0.717) is 35.6 Å². The molecule has 0 aliphatic carbocycles. The van der Waals surface area contributed by atoms with Crippen molar-refractivity contribution in [3.05, 3.63) is 64.7 Å². The van der Waals surface area contributed by atoms with Crippen LogP contribution in [0.2, 0.25) is 0 Å². The Morgan fingerprint density at radius 1 is 0.968 bits per heavy atom. The predicted molar refractivity (Wildman–Crippen MR) is 114 cm³/mol. The van der Waals surface area contributed by atoms with Gasteiger partial charge in [-0.1, -0.05) is 25.1 Å². The van der Waals surface area contributed by atoms with Gasteiger partial charge in [0.25, 0.3) is 17.7 Å². The van der Waals surface area contributed by atoms with Gasteiger partial charge in [-0.05, 0) is 43.2 Å². The number of carbonyl (C=O) groups is 4. The summed E-state index contributed by atoms with van der Waals surface area (Å²) in [5, 5.41) is 5.27. The molecule has 8 heteroatoms. The number of rotatable bonds is 9. The molecule has 0 radical (unpaired) electrons. The Kier molecular flexibility index (Phi) is 7.02. The summed E-state index contributed by atoms with van der Waals surface area (Å²) in [6.07, 6.45) is 0.800. The normalized spacial score (nSPS) is 12.5. The van der Waals surface area contributed by atoms with Crippen LogP contribution in [0.15, 0.2) is 42.5 Å². The molecule has 2 N–H and O–H groups in total. The van der Waals surface area contributed by atoms with Gasteiger partial charge in [0, 0.05) is 6.54 Å². The summed E-state index contributed by atoms with van der Waals surface area (Å²) < 4.78 is 5.54. The van der Waals surface area contributed by atoms with Crippen LogP contribution >= 0.6 is 0 Å². The Morgan fingerprint density at radius 2 is 1.65 bits per heavy atom. The van der Waals surface area contributed by atoms with E-state index in [2.05, 4.69) is 10.6 Å². The predicted octanol–water partition coefficient (Wildman–Crippen LogP) is 2.14. The Balaban J connectivity index is 1.77. The number of imide groups is 1. The van der Waals surface area contributed by atoms with Crippen LogP contribution in [-0.4, -0.2) is 48.2 Å². The maximum atomic E-state index is 12.7. The lowest BCUT2D eigenvalue weighted by molar-refractivity contribution is -0.120. The first-order valence-corrected chi connectivity index (χ1v) is 10.2. The first kappa shape index (κ1) is 22.0. The van der Waals surface area contributed by atoms with E-state index in [4.69, 9.17) is 4.74 Å². The highest BCUT2D eigenvalue weighted by Crippen LogP contribution is 2.26. The summed E-state index contributed by atoms with van der Waals surface area (Å²) in [7, 11) is 0. The molecule has 0 fully saturated rings. The molecule has 0 saturated carbocycles. The molecule has 0 unspecified atom stereocenters. The summed E-state index contributed by atoms with van der Waals surface area (Å²) >= 11 is 0. The first-order chi connectivity index (χ1) is 15.0. The molecule has 8 nitrogen and oxygen atoms in total. The third-order valence-corrected chi connectivity index (χ3v) is 4.79. The van der Waals surface area contributed by atoms with E-state index >= 15 is 0 Å². The average molecular weight is 423 g/mol. The first-order valence-electron chi connectivity index (χ1n) is 10.2. The van der Waals surface area contributed by atoms with Gasteiger partial charge in [0.15, 0.2) is 0 Å². The van der Waals surface area contributed by atoms with Gasteiger partial charge < -0.3 is 15.4 Å². The summed E-state index contributed by atoms with van der Waals surface area (Å²) in [6, 6.07) is 11.6. The lowest BCUT2D eigenvalue weighted by Gasteiger charge is -2.16. The molecule has 162 valence electrons. The second-order valence-corrected chi connectivity index (χ2v) is 7.04. The van der Waals surface area contributed by atoms with Crippen molar-refractivity contribution in [1.82, 2.24) is 15.5 Å². The Morgan fingerprint density at radius 3 is 2.26 bits per heavy atom. The Bertz CT molecular complexity index is 983. The van der Waals surface area contributed by atoms with Crippen molar-refractivity contribution in [2.24, 2.45) is 0 Å². The summed E-state index contributed by atoms with van der Waals surface area (Å²) in [4.78, 5) is 50.9. The minimum atomic E-state index is -0.473. The van der Waals surface area contributed by atoms with Gasteiger partial charge >= 0.3 is 0 Å². The van der Waals surface area contributed by atoms with Gasteiger partial charge in [-0.2, -0.15) is 0 Å². The monoisotopic (exact) mass is 423 g/mol. The minimum Gasteiger partial charge on any atom is -0.493 e. The standard InChI is InChI=1S/C23H25N3O5/c1-3-11-24-20(27)13-25-21(28)18-12-15(9-10-19(18)31-4-2)14-26-22(29)16-7-5-6-8-17(16)23(26)30/h5-10,12H,3-4,11,13-14H2,1-2H3,(H,24,27)(H,25,28). The fourth-order valence-electron chi connectivity index (χ4n) is 3.28. The fourth-order valence-corrected chi connectivity index (χ4v) is 3.28. The van der Waals surface area contributed by atoms with Crippen molar-refractivity contribution < 1.29 is 23.9 Å². The minimum absolute atomic E-state index is 0.0238. The Hall–Kier alpha value is -3.68. The third kappa shape index (κ3) is 4.91. The van der Waals surface area contributed by atoms with Crippen LogP contribution in [0.1, 0.15) is 56.9 Å². The number of fused-ring (bicyclic) bond motifs is 1. The molecule has 1 aliphatic rings. The maximum Gasteiger partial charge on any atom is 0.261 e. The molecule has 0 atom stereocenters. The largest absolute Gasteiger partial charge is 0.493 e. The molecule has 1 heterocycles. The molecule has 2 aromatic rings. The van der Waals surface area contributed by atoms with Crippen molar-refractivity contribution in [2.75, 3.05) is 19.7 Å². The molecule has 0 spiro atoms. The zero-order chi connectivity index (χ0) is 22.4. The molecule has 2 aromatic carbocycles. The number of ether oxygens (including phenoxy) is 1. The van der Waals surface area contributed by atoms with Gasteiger partial charge in [0.05, 0.1) is 36.4 Å². The second-order valence-electron chi connectivity index (χ2n) is 7.04. The van der Waals surface area contributed by atoms with Crippen LogP contribution in [0.4, 0.5) is 0 Å². The average Bonchev–Trinajstić information content (AvgIpc) is 3.02. The van der Waals surface area contributed by atoms with E-state index in [-0.39, 0.29) is 36.4 Å². The topological polar surface area (TPSA) is 105 Å². The van der Waals surface area contributed by atoms with E-state index < -0.39 is 5.91 Å². The number of nitrogens with one attached hydrogen (secondary N) is 2. The van der Waals surface area contributed by atoms with Crippen molar-refractivity contribution in [1.29, 1.82) is 0 Å². The molecule has 0 bridgehead atoms. The lowest BCUT2D eigenvalue weighted by Crippen LogP contribution is -2.37.